The van der Waals surface area contributed by atoms with Crippen molar-refractivity contribution in [2.75, 3.05) is 6.61 Å². The van der Waals surface area contributed by atoms with Crippen LogP contribution in [0.4, 0.5) is 0 Å². The average molecular weight is 439 g/mol. The van der Waals surface area contributed by atoms with Crippen LogP contribution in [0.5, 0.6) is 0 Å². The third-order valence-electron chi connectivity index (χ3n) is 4.77. The molecule has 0 N–H and O–H groups in total. The predicted molar refractivity (Wildman–Crippen MR) is 122 cm³/mol. The van der Waals surface area contributed by atoms with E-state index in [9.17, 15) is 4.79 Å². The first-order valence-electron chi connectivity index (χ1n) is 10.3. The molecule has 31 heavy (non-hydrogen) atoms. The Bertz CT molecular complexity index is 874. The van der Waals surface area contributed by atoms with Crippen molar-refractivity contribution >= 4 is 17.9 Å². The summed E-state index contributed by atoms with van der Waals surface area (Å²) >= 11 is 6.65. The third-order valence-corrected chi connectivity index (χ3v) is 5.15. The molecular formula is C26H27ClO4. The molecule has 3 unspecified atom stereocenters. The van der Waals surface area contributed by atoms with Crippen molar-refractivity contribution in [3.8, 4) is 0 Å². The molecule has 0 radical (unpaired) electrons. The van der Waals surface area contributed by atoms with Crippen LogP contribution < -0.4 is 0 Å². The van der Waals surface area contributed by atoms with Crippen LogP contribution in [-0.2, 0) is 38.8 Å². The summed E-state index contributed by atoms with van der Waals surface area (Å²) in [5.41, 5.74) is 3.03. The van der Waals surface area contributed by atoms with Crippen LogP contribution in [0.1, 0.15) is 16.7 Å². The molecular weight excluding hydrogens is 412 g/mol. The molecule has 5 heteroatoms. The zero-order valence-corrected chi connectivity index (χ0v) is 18.1. The van der Waals surface area contributed by atoms with Gasteiger partial charge in [0.2, 0.25) is 0 Å². The summed E-state index contributed by atoms with van der Waals surface area (Å²) < 4.78 is 17.7. The second-order valence-corrected chi connectivity index (χ2v) is 7.74. The minimum absolute atomic E-state index is 0.231. The lowest BCUT2D eigenvalue weighted by Gasteiger charge is -2.27. The van der Waals surface area contributed by atoms with E-state index in [1.807, 2.05) is 91.0 Å². The van der Waals surface area contributed by atoms with Gasteiger partial charge in [-0.3, -0.25) is 0 Å². The number of alkyl halides is 1. The van der Waals surface area contributed by atoms with E-state index in [2.05, 4.69) is 0 Å². The largest absolute Gasteiger partial charge is 0.375 e. The van der Waals surface area contributed by atoms with Gasteiger partial charge in [0.1, 0.15) is 12.2 Å². The average Bonchev–Trinajstić information content (AvgIpc) is 2.83. The maximum Gasteiger partial charge on any atom is 0.151 e. The van der Waals surface area contributed by atoms with Gasteiger partial charge < -0.3 is 19.0 Å². The molecule has 0 saturated heterocycles. The number of halogens is 1. The number of ether oxygens (including phenoxy) is 3. The molecule has 3 atom stereocenters. The van der Waals surface area contributed by atoms with E-state index in [4.69, 9.17) is 25.8 Å². The van der Waals surface area contributed by atoms with E-state index >= 15 is 0 Å². The van der Waals surface area contributed by atoms with Crippen LogP contribution in [0, 0.1) is 0 Å². The molecule has 162 valence electrons. The second kappa shape index (κ2) is 13.0. The van der Waals surface area contributed by atoms with E-state index in [0.717, 1.165) is 23.0 Å². The van der Waals surface area contributed by atoms with Crippen LogP contribution >= 0.6 is 11.6 Å². The highest BCUT2D eigenvalue weighted by Gasteiger charge is 2.30. The lowest BCUT2D eigenvalue weighted by molar-refractivity contribution is -0.134. The van der Waals surface area contributed by atoms with Crippen LogP contribution in [0.25, 0.3) is 0 Å². The highest BCUT2D eigenvalue weighted by atomic mass is 35.5. The highest BCUT2D eigenvalue weighted by Crippen LogP contribution is 2.18. The summed E-state index contributed by atoms with van der Waals surface area (Å²) in [7, 11) is 0. The van der Waals surface area contributed by atoms with Crippen LogP contribution in [0.3, 0.4) is 0 Å². The maximum atomic E-state index is 11.9. The van der Waals surface area contributed by atoms with E-state index in [1.165, 1.54) is 0 Å². The fourth-order valence-electron chi connectivity index (χ4n) is 3.11. The number of hydrogen-bond donors (Lipinski definition) is 0. The van der Waals surface area contributed by atoms with Crippen molar-refractivity contribution in [1.29, 1.82) is 0 Å². The second-order valence-electron chi connectivity index (χ2n) is 7.18. The fraction of sp³-hybridized carbons (Fsp3) is 0.269. The van der Waals surface area contributed by atoms with Crippen molar-refractivity contribution in [2.24, 2.45) is 0 Å². The van der Waals surface area contributed by atoms with Crippen molar-refractivity contribution in [3.63, 3.8) is 0 Å². The first kappa shape index (κ1) is 23.2. The van der Waals surface area contributed by atoms with Crippen LogP contribution in [0.2, 0.25) is 0 Å². The number of hydrogen-bond acceptors (Lipinski definition) is 4. The molecule has 0 aliphatic rings. The lowest BCUT2D eigenvalue weighted by atomic mass is 10.1. The molecule has 3 aromatic rings. The smallest absolute Gasteiger partial charge is 0.151 e. The van der Waals surface area contributed by atoms with Gasteiger partial charge in [0.05, 0.1) is 31.8 Å². The summed E-state index contributed by atoms with van der Waals surface area (Å²) in [6.07, 6.45) is -0.712. The van der Waals surface area contributed by atoms with Gasteiger partial charge in [0, 0.05) is 0 Å². The number of rotatable bonds is 13. The number of aldehydes is 1. The predicted octanol–water partition coefficient (Wildman–Crippen LogP) is 5.18. The Kier molecular flexibility index (Phi) is 9.74. The summed E-state index contributed by atoms with van der Waals surface area (Å²) in [6.45, 7) is 1.29. The van der Waals surface area contributed by atoms with Gasteiger partial charge in [0.15, 0.2) is 6.29 Å². The molecule has 0 amide bonds. The summed E-state index contributed by atoms with van der Waals surface area (Å²) in [5, 5.41) is -0.557. The fourth-order valence-corrected chi connectivity index (χ4v) is 3.41. The van der Waals surface area contributed by atoms with Gasteiger partial charge in [-0.2, -0.15) is 0 Å². The van der Waals surface area contributed by atoms with Gasteiger partial charge in [-0.05, 0) is 16.7 Å². The third kappa shape index (κ3) is 7.93. The quantitative estimate of drug-likeness (QED) is 0.272. The van der Waals surface area contributed by atoms with Crippen LogP contribution in [-0.4, -0.2) is 30.5 Å². The molecule has 0 aromatic heterocycles. The Balaban J connectivity index is 1.62. The van der Waals surface area contributed by atoms with Gasteiger partial charge in [0.25, 0.3) is 0 Å². The first-order valence-corrected chi connectivity index (χ1v) is 10.7. The molecule has 4 nitrogen and oxygen atoms in total. The number of carbonyl (C=O) groups is 1. The number of carbonyl (C=O) groups excluding carboxylic acids is 1. The van der Waals surface area contributed by atoms with Crippen molar-refractivity contribution in [2.45, 2.75) is 37.4 Å². The zero-order chi connectivity index (χ0) is 21.7. The summed E-state index contributed by atoms with van der Waals surface area (Å²) in [5.74, 6) is 0. The minimum Gasteiger partial charge on any atom is -0.375 e. The molecule has 3 aromatic carbocycles. The Labute approximate surface area is 188 Å². The molecule has 0 aliphatic heterocycles. The van der Waals surface area contributed by atoms with Gasteiger partial charge in [-0.25, -0.2) is 0 Å². The molecule has 0 heterocycles. The van der Waals surface area contributed by atoms with E-state index in [-0.39, 0.29) is 6.61 Å². The first-order chi connectivity index (χ1) is 15.3. The molecule has 3 rings (SSSR count). The molecule has 0 spiro atoms. The molecule has 0 aliphatic carbocycles. The van der Waals surface area contributed by atoms with E-state index in [0.29, 0.717) is 19.8 Å². The van der Waals surface area contributed by atoms with Gasteiger partial charge in [-0.1, -0.05) is 91.0 Å². The van der Waals surface area contributed by atoms with E-state index in [1.54, 1.807) is 0 Å². The SMILES string of the molecule is O=CC(OCc1ccccc1)C(OCc1ccccc1)C(Cl)COCc1ccccc1. The topological polar surface area (TPSA) is 44.8 Å². The minimum atomic E-state index is -0.813. The van der Waals surface area contributed by atoms with E-state index < -0.39 is 17.6 Å². The standard InChI is InChI=1S/C26H27ClO4/c27-24(20-29-17-21-10-4-1-5-11-21)26(31-19-23-14-8-3-9-15-23)25(16-28)30-18-22-12-6-2-7-13-22/h1-16,24-26H,17-20H2. The maximum absolute atomic E-state index is 11.9. The van der Waals surface area contributed by atoms with Crippen molar-refractivity contribution < 1.29 is 19.0 Å². The Morgan fingerprint density at radius 3 is 1.61 bits per heavy atom. The Morgan fingerprint density at radius 1 is 0.677 bits per heavy atom. The lowest BCUT2D eigenvalue weighted by Crippen LogP contribution is -2.41. The Hall–Kier alpha value is -2.50. The van der Waals surface area contributed by atoms with Crippen molar-refractivity contribution in [3.05, 3.63) is 108 Å². The monoisotopic (exact) mass is 438 g/mol. The zero-order valence-electron chi connectivity index (χ0n) is 17.3. The van der Waals surface area contributed by atoms with Gasteiger partial charge in [-0.15, -0.1) is 11.6 Å². The van der Waals surface area contributed by atoms with Crippen LogP contribution in [0.15, 0.2) is 91.0 Å². The molecule has 0 fully saturated rings. The van der Waals surface area contributed by atoms with Crippen molar-refractivity contribution in [1.82, 2.24) is 0 Å². The molecule has 0 bridgehead atoms. The summed E-state index contributed by atoms with van der Waals surface area (Å²) in [4.78, 5) is 11.9. The normalized spacial score (nSPS) is 14.0. The van der Waals surface area contributed by atoms with Gasteiger partial charge >= 0.3 is 0 Å². The number of benzene rings is 3. The highest BCUT2D eigenvalue weighted by molar-refractivity contribution is 6.21. The Morgan fingerprint density at radius 2 is 1.13 bits per heavy atom. The molecule has 0 saturated carbocycles. The summed E-state index contributed by atoms with van der Waals surface area (Å²) in [6, 6.07) is 29.3.